The summed E-state index contributed by atoms with van der Waals surface area (Å²) in [5.74, 6) is -0.198. The molecule has 2 aliphatic heterocycles. The summed E-state index contributed by atoms with van der Waals surface area (Å²) in [4.78, 5) is 30.6. The number of nitrogens with zero attached hydrogens (tertiary/aromatic N) is 2. The Balaban J connectivity index is 1.63. The van der Waals surface area contributed by atoms with Crippen LogP contribution in [-0.4, -0.2) is 78.8 Å². The second kappa shape index (κ2) is 13.3. The molecule has 212 valence electrons. The van der Waals surface area contributed by atoms with Gasteiger partial charge in [0, 0.05) is 44.7 Å². The van der Waals surface area contributed by atoms with Crippen molar-refractivity contribution in [1.29, 1.82) is 0 Å². The zero-order chi connectivity index (χ0) is 28.1. The van der Waals surface area contributed by atoms with Gasteiger partial charge >= 0.3 is 0 Å². The molecule has 0 unspecified atom stereocenters. The lowest BCUT2D eigenvalue weighted by Gasteiger charge is -2.38. The molecular formula is C29H37Cl2N3O5. The van der Waals surface area contributed by atoms with Crippen molar-refractivity contribution >= 4 is 40.7 Å². The number of benzene rings is 2. The smallest absolute Gasteiger partial charge is 0.258 e. The number of halogens is 2. The number of hydrogen-bond donors (Lipinski definition) is 2. The highest BCUT2D eigenvalue weighted by Crippen LogP contribution is 2.35. The van der Waals surface area contributed by atoms with Crippen molar-refractivity contribution in [3.05, 3.63) is 57.6 Å². The van der Waals surface area contributed by atoms with E-state index in [-0.39, 0.29) is 42.4 Å². The maximum atomic E-state index is 13.7. The average molecular weight is 579 g/mol. The SMILES string of the molecule is C[C@@H]1CN([C@H](C)CO)C(=O)c2cccc(NC(=O)C3CCOCC3)c2O[C@H]1CN(C)Cc1ccc(Cl)c(Cl)c1. The van der Waals surface area contributed by atoms with E-state index in [2.05, 4.69) is 10.2 Å². The molecule has 8 nitrogen and oxygen atoms in total. The van der Waals surface area contributed by atoms with E-state index < -0.39 is 0 Å². The number of carbonyl (C=O) groups excluding carboxylic acids is 2. The van der Waals surface area contributed by atoms with E-state index in [1.807, 2.05) is 33.0 Å². The molecule has 4 rings (SSSR count). The van der Waals surface area contributed by atoms with Gasteiger partial charge in [-0.3, -0.25) is 14.5 Å². The molecule has 2 aromatic rings. The third kappa shape index (κ3) is 7.24. The van der Waals surface area contributed by atoms with Gasteiger partial charge < -0.3 is 24.8 Å². The molecular weight excluding hydrogens is 541 g/mol. The summed E-state index contributed by atoms with van der Waals surface area (Å²) in [7, 11) is 2.00. The van der Waals surface area contributed by atoms with Gasteiger partial charge in [-0.15, -0.1) is 0 Å². The number of para-hydroxylation sites is 1. The number of amides is 2. The Morgan fingerprint density at radius 2 is 1.95 bits per heavy atom. The van der Waals surface area contributed by atoms with Crippen LogP contribution in [0.15, 0.2) is 36.4 Å². The zero-order valence-electron chi connectivity index (χ0n) is 22.7. The molecule has 1 saturated heterocycles. The van der Waals surface area contributed by atoms with E-state index in [9.17, 15) is 14.7 Å². The fourth-order valence-electron chi connectivity index (χ4n) is 5.08. The van der Waals surface area contributed by atoms with Gasteiger partial charge in [0.25, 0.3) is 5.91 Å². The summed E-state index contributed by atoms with van der Waals surface area (Å²) in [6.07, 6.45) is 1.00. The fraction of sp³-hybridized carbons (Fsp3) is 0.517. The number of anilines is 1. The largest absolute Gasteiger partial charge is 0.486 e. The second-order valence-electron chi connectivity index (χ2n) is 10.6. The van der Waals surface area contributed by atoms with Crippen LogP contribution in [0.4, 0.5) is 5.69 Å². The number of hydrogen-bond acceptors (Lipinski definition) is 6. The van der Waals surface area contributed by atoms with E-state index >= 15 is 0 Å². The molecule has 0 aliphatic carbocycles. The molecule has 2 aliphatic rings. The Bertz CT molecular complexity index is 1170. The molecule has 0 aromatic heterocycles. The molecule has 2 amide bonds. The normalized spacial score (nSPS) is 21.1. The van der Waals surface area contributed by atoms with Crippen molar-refractivity contribution in [3.63, 3.8) is 0 Å². The molecule has 2 aromatic carbocycles. The molecule has 3 atom stereocenters. The molecule has 0 spiro atoms. The highest BCUT2D eigenvalue weighted by molar-refractivity contribution is 6.42. The number of fused-ring (bicyclic) bond motifs is 1. The van der Waals surface area contributed by atoms with E-state index in [1.54, 1.807) is 29.2 Å². The number of ether oxygens (including phenoxy) is 2. The lowest BCUT2D eigenvalue weighted by atomic mass is 9.98. The fourth-order valence-corrected chi connectivity index (χ4v) is 5.40. The third-order valence-corrected chi connectivity index (χ3v) is 8.21. The molecule has 0 bridgehead atoms. The van der Waals surface area contributed by atoms with Gasteiger partial charge in [0.15, 0.2) is 5.75 Å². The maximum Gasteiger partial charge on any atom is 0.258 e. The quantitative estimate of drug-likeness (QED) is 0.472. The first-order valence-corrected chi connectivity index (χ1v) is 14.2. The Kier molecular flexibility index (Phi) is 10.1. The van der Waals surface area contributed by atoms with Crippen LogP contribution in [0, 0.1) is 11.8 Å². The van der Waals surface area contributed by atoms with Gasteiger partial charge in [-0.05, 0) is 56.6 Å². The standard InChI is InChI=1S/C29H37Cl2N3O5/c1-18-14-34(19(2)17-35)29(37)22-5-4-6-25(32-28(36)21-9-11-38-12-10-21)27(22)39-26(18)16-33(3)15-20-7-8-23(30)24(31)13-20/h4-8,13,18-19,21,26,35H,9-12,14-17H2,1-3H3,(H,32,36)/t18-,19-,26+/m1/s1. The Morgan fingerprint density at radius 3 is 2.64 bits per heavy atom. The average Bonchev–Trinajstić information content (AvgIpc) is 2.93. The van der Waals surface area contributed by atoms with Crippen molar-refractivity contribution in [2.24, 2.45) is 11.8 Å². The first kappa shape index (κ1) is 29.6. The summed E-state index contributed by atoms with van der Waals surface area (Å²) in [6.45, 7) is 6.41. The summed E-state index contributed by atoms with van der Waals surface area (Å²) < 4.78 is 12.0. The number of nitrogens with one attached hydrogen (secondary N) is 1. The lowest BCUT2D eigenvalue weighted by molar-refractivity contribution is -0.122. The van der Waals surface area contributed by atoms with Crippen molar-refractivity contribution in [3.8, 4) is 5.75 Å². The third-order valence-electron chi connectivity index (χ3n) is 7.47. The number of likely N-dealkylation sites (N-methyl/N-ethyl adjacent to an activating group) is 1. The van der Waals surface area contributed by atoms with Crippen molar-refractivity contribution in [2.75, 3.05) is 45.3 Å². The number of carbonyl (C=O) groups is 2. The summed E-state index contributed by atoms with van der Waals surface area (Å²) >= 11 is 12.3. The van der Waals surface area contributed by atoms with Crippen molar-refractivity contribution in [1.82, 2.24) is 9.80 Å². The minimum absolute atomic E-state index is 0.0633. The van der Waals surface area contributed by atoms with Crippen LogP contribution in [-0.2, 0) is 16.1 Å². The van der Waals surface area contributed by atoms with Crippen LogP contribution in [0.3, 0.4) is 0 Å². The van der Waals surface area contributed by atoms with Crippen LogP contribution in [0.25, 0.3) is 0 Å². The Morgan fingerprint density at radius 1 is 1.21 bits per heavy atom. The van der Waals surface area contributed by atoms with E-state index in [4.69, 9.17) is 32.7 Å². The van der Waals surface area contributed by atoms with E-state index in [0.717, 1.165) is 5.56 Å². The van der Waals surface area contributed by atoms with Gasteiger partial charge in [0.2, 0.25) is 5.91 Å². The number of aliphatic hydroxyl groups is 1. The van der Waals surface area contributed by atoms with Gasteiger partial charge in [-0.1, -0.05) is 42.3 Å². The summed E-state index contributed by atoms with van der Waals surface area (Å²) in [5.41, 5.74) is 1.85. The maximum absolute atomic E-state index is 13.7. The van der Waals surface area contributed by atoms with Crippen LogP contribution in [0.5, 0.6) is 5.75 Å². The monoisotopic (exact) mass is 577 g/mol. The zero-order valence-corrected chi connectivity index (χ0v) is 24.2. The van der Waals surface area contributed by atoms with Gasteiger partial charge in [-0.25, -0.2) is 0 Å². The van der Waals surface area contributed by atoms with Crippen molar-refractivity contribution in [2.45, 2.75) is 45.4 Å². The molecule has 2 heterocycles. The van der Waals surface area contributed by atoms with Crippen LogP contribution >= 0.6 is 23.2 Å². The Labute approximate surface area is 240 Å². The second-order valence-corrected chi connectivity index (χ2v) is 11.4. The topological polar surface area (TPSA) is 91.3 Å². The first-order valence-electron chi connectivity index (χ1n) is 13.4. The lowest BCUT2D eigenvalue weighted by Crippen LogP contribution is -2.49. The minimum atomic E-state index is -0.374. The highest BCUT2D eigenvalue weighted by Gasteiger charge is 2.35. The van der Waals surface area contributed by atoms with E-state index in [1.165, 1.54) is 0 Å². The molecule has 0 saturated carbocycles. The summed E-state index contributed by atoms with van der Waals surface area (Å²) in [6, 6.07) is 10.4. The molecule has 39 heavy (non-hydrogen) atoms. The minimum Gasteiger partial charge on any atom is -0.486 e. The van der Waals surface area contributed by atoms with Crippen LogP contribution in [0.2, 0.25) is 10.0 Å². The van der Waals surface area contributed by atoms with Gasteiger partial charge in [0.05, 0.1) is 33.9 Å². The molecule has 10 heteroatoms. The Hall–Kier alpha value is -2.36. The van der Waals surface area contributed by atoms with E-state index in [0.29, 0.717) is 72.7 Å². The number of rotatable bonds is 8. The van der Waals surface area contributed by atoms with Crippen LogP contribution < -0.4 is 10.1 Å². The summed E-state index contributed by atoms with van der Waals surface area (Å²) in [5, 5.41) is 14.0. The molecule has 1 fully saturated rings. The first-order chi connectivity index (χ1) is 18.7. The van der Waals surface area contributed by atoms with Gasteiger partial charge in [0.1, 0.15) is 6.10 Å². The number of aliphatic hydroxyl groups excluding tert-OH is 1. The van der Waals surface area contributed by atoms with Gasteiger partial charge in [-0.2, -0.15) is 0 Å². The molecule has 2 N–H and O–H groups in total. The predicted molar refractivity (Wildman–Crippen MR) is 153 cm³/mol. The highest BCUT2D eigenvalue weighted by atomic mass is 35.5. The van der Waals surface area contributed by atoms with Crippen molar-refractivity contribution < 1.29 is 24.2 Å². The predicted octanol–water partition coefficient (Wildman–Crippen LogP) is 4.71. The molecule has 0 radical (unpaired) electrons. The van der Waals surface area contributed by atoms with Crippen LogP contribution in [0.1, 0.15) is 42.6 Å².